The highest BCUT2D eigenvalue weighted by Gasteiger charge is 2.55. The molecule has 0 radical (unpaired) electrons. The number of nitrogens with one attached hydrogen (secondary N) is 1. The van der Waals surface area contributed by atoms with Crippen molar-refractivity contribution in [3.63, 3.8) is 0 Å². The monoisotopic (exact) mass is 514 g/mol. The van der Waals surface area contributed by atoms with E-state index in [2.05, 4.69) is 5.32 Å². The van der Waals surface area contributed by atoms with E-state index in [-0.39, 0.29) is 23.9 Å². The van der Waals surface area contributed by atoms with Crippen molar-refractivity contribution >= 4 is 29.5 Å². The average Bonchev–Trinajstić information content (AvgIpc) is 2.95. The standard InChI is InChI=1S/C29H26N2O5S/c1-35-22-18-37-28-24(30-23(32)17-19-11-5-2-6-12-19)27(33)31(28)25(22)29(34)36-26(20-13-7-3-8-14-20)21-15-9-4-10-16-21/h2-16,24,26,28H,17-18H2,1H3,(H,30,32). The van der Waals surface area contributed by atoms with Crippen molar-refractivity contribution in [1.29, 1.82) is 0 Å². The van der Waals surface area contributed by atoms with Crippen LogP contribution in [0.4, 0.5) is 0 Å². The van der Waals surface area contributed by atoms with E-state index in [0.717, 1.165) is 16.7 Å². The highest BCUT2D eigenvalue weighted by molar-refractivity contribution is 8.00. The molecule has 2 unspecified atom stereocenters. The van der Waals surface area contributed by atoms with E-state index in [1.165, 1.54) is 23.8 Å². The third-order valence-electron chi connectivity index (χ3n) is 6.33. The van der Waals surface area contributed by atoms with Gasteiger partial charge in [-0.15, -0.1) is 11.8 Å². The highest BCUT2D eigenvalue weighted by Crippen LogP contribution is 2.41. The van der Waals surface area contributed by atoms with Gasteiger partial charge in [0.15, 0.2) is 11.8 Å². The third-order valence-corrected chi connectivity index (χ3v) is 7.58. The molecule has 0 aromatic heterocycles. The van der Waals surface area contributed by atoms with Crippen molar-refractivity contribution < 1.29 is 23.9 Å². The third kappa shape index (κ3) is 5.11. The average molecular weight is 515 g/mol. The molecule has 3 aromatic rings. The zero-order valence-electron chi connectivity index (χ0n) is 20.2. The number of benzene rings is 3. The zero-order chi connectivity index (χ0) is 25.8. The predicted molar refractivity (Wildman–Crippen MR) is 140 cm³/mol. The topological polar surface area (TPSA) is 84.9 Å². The summed E-state index contributed by atoms with van der Waals surface area (Å²) in [6.45, 7) is 0. The maximum absolute atomic E-state index is 13.6. The van der Waals surface area contributed by atoms with E-state index in [9.17, 15) is 14.4 Å². The largest absolute Gasteiger partial charge is 0.498 e. The van der Waals surface area contributed by atoms with Gasteiger partial charge in [0.25, 0.3) is 5.91 Å². The Labute approximate surface area is 219 Å². The molecule has 5 rings (SSSR count). The number of fused-ring (bicyclic) bond motifs is 1. The van der Waals surface area contributed by atoms with Crippen molar-refractivity contribution in [1.82, 2.24) is 10.2 Å². The van der Waals surface area contributed by atoms with Gasteiger partial charge in [0.05, 0.1) is 19.3 Å². The molecule has 3 aromatic carbocycles. The lowest BCUT2D eigenvalue weighted by atomic mass is 10.0. The molecule has 0 aliphatic carbocycles. The maximum Gasteiger partial charge on any atom is 0.359 e. The molecule has 2 amide bonds. The van der Waals surface area contributed by atoms with Crippen molar-refractivity contribution in [2.45, 2.75) is 23.9 Å². The summed E-state index contributed by atoms with van der Waals surface area (Å²) >= 11 is 1.44. The minimum Gasteiger partial charge on any atom is -0.498 e. The summed E-state index contributed by atoms with van der Waals surface area (Å²) in [6, 6.07) is 27.5. The van der Waals surface area contributed by atoms with Crippen molar-refractivity contribution in [2.75, 3.05) is 12.9 Å². The number of β-lactam (4-membered cyclic amide) rings is 1. The summed E-state index contributed by atoms with van der Waals surface area (Å²) < 4.78 is 11.5. The second kappa shape index (κ2) is 10.9. The fraction of sp³-hybridized carbons (Fsp3) is 0.207. The predicted octanol–water partition coefficient (Wildman–Crippen LogP) is 3.82. The normalized spacial score (nSPS) is 18.6. The Morgan fingerprint density at radius 1 is 0.946 bits per heavy atom. The molecule has 0 spiro atoms. The molecule has 2 heterocycles. The van der Waals surface area contributed by atoms with Crippen LogP contribution in [-0.2, 0) is 30.3 Å². The van der Waals surface area contributed by atoms with Crippen LogP contribution in [0.2, 0.25) is 0 Å². The van der Waals surface area contributed by atoms with E-state index >= 15 is 0 Å². The smallest absolute Gasteiger partial charge is 0.359 e. The number of nitrogens with zero attached hydrogens (tertiary/aromatic N) is 1. The maximum atomic E-state index is 13.6. The van der Waals surface area contributed by atoms with Gasteiger partial charge in [-0.3, -0.25) is 14.5 Å². The Bertz CT molecular complexity index is 1270. The molecule has 188 valence electrons. The number of rotatable bonds is 8. The molecule has 8 heteroatoms. The molecule has 2 aliphatic rings. The number of carbonyl (C=O) groups is 3. The quantitative estimate of drug-likeness (QED) is 0.364. The van der Waals surface area contributed by atoms with Gasteiger partial charge in [0, 0.05) is 0 Å². The van der Waals surface area contributed by atoms with Gasteiger partial charge in [-0.05, 0) is 16.7 Å². The first-order valence-corrected chi connectivity index (χ1v) is 13.0. The molecular weight excluding hydrogens is 488 g/mol. The molecular formula is C29H26N2O5S. The van der Waals surface area contributed by atoms with Gasteiger partial charge in [0.1, 0.15) is 17.2 Å². The summed E-state index contributed by atoms with van der Waals surface area (Å²) in [5, 5.41) is 2.42. The number of thioether (sulfide) groups is 1. The van der Waals surface area contributed by atoms with Gasteiger partial charge in [-0.2, -0.15) is 0 Å². The fourth-order valence-electron chi connectivity index (χ4n) is 4.49. The van der Waals surface area contributed by atoms with Crippen molar-refractivity contribution in [3.05, 3.63) is 119 Å². The lowest BCUT2D eigenvalue weighted by molar-refractivity contribution is -0.155. The summed E-state index contributed by atoms with van der Waals surface area (Å²) in [6.07, 6.45) is -0.488. The first kappa shape index (κ1) is 24.6. The zero-order valence-corrected chi connectivity index (χ0v) is 21.0. The van der Waals surface area contributed by atoms with Crippen LogP contribution in [0.1, 0.15) is 22.8 Å². The summed E-state index contributed by atoms with van der Waals surface area (Å²) in [5.74, 6) is -0.516. The summed E-state index contributed by atoms with van der Waals surface area (Å²) in [4.78, 5) is 40.8. The van der Waals surface area contributed by atoms with Gasteiger partial charge < -0.3 is 14.8 Å². The highest BCUT2D eigenvalue weighted by atomic mass is 32.2. The van der Waals surface area contributed by atoms with Crippen LogP contribution < -0.4 is 5.32 Å². The molecule has 1 fully saturated rings. The second-order valence-corrected chi connectivity index (χ2v) is 9.80. The first-order valence-electron chi connectivity index (χ1n) is 11.9. The van der Waals surface area contributed by atoms with Gasteiger partial charge in [-0.25, -0.2) is 4.79 Å². The van der Waals surface area contributed by atoms with Gasteiger partial charge >= 0.3 is 5.97 Å². The number of esters is 1. The number of carbonyl (C=O) groups excluding carboxylic acids is 3. The Morgan fingerprint density at radius 3 is 2.08 bits per heavy atom. The van der Waals surface area contributed by atoms with Crippen LogP contribution in [0.15, 0.2) is 102 Å². The Kier molecular flexibility index (Phi) is 7.28. The summed E-state index contributed by atoms with van der Waals surface area (Å²) in [5.41, 5.74) is 2.56. The summed E-state index contributed by atoms with van der Waals surface area (Å²) in [7, 11) is 1.47. The van der Waals surface area contributed by atoms with Gasteiger partial charge in [-0.1, -0.05) is 91.0 Å². The molecule has 2 atom stereocenters. The molecule has 1 saturated heterocycles. The molecule has 0 saturated carbocycles. The number of ether oxygens (including phenoxy) is 2. The fourth-order valence-corrected chi connectivity index (χ4v) is 5.80. The van der Waals surface area contributed by atoms with Crippen LogP contribution in [0.5, 0.6) is 0 Å². The second-order valence-electron chi connectivity index (χ2n) is 8.70. The lowest BCUT2D eigenvalue weighted by Gasteiger charge is -2.49. The molecule has 1 N–H and O–H groups in total. The minimum absolute atomic E-state index is 0.0849. The molecule has 2 aliphatic heterocycles. The van der Waals surface area contributed by atoms with Crippen molar-refractivity contribution in [3.8, 4) is 0 Å². The molecule has 7 nitrogen and oxygen atoms in total. The van der Waals surface area contributed by atoms with Crippen LogP contribution in [0.3, 0.4) is 0 Å². The first-order chi connectivity index (χ1) is 18.1. The van der Waals surface area contributed by atoms with Crippen LogP contribution >= 0.6 is 11.8 Å². The SMILES string of the molecule is COC1=C(C(=O)OC(c2ccccc2)c2ccccc2)N2C(=O)C(NC(=O)Cc3ccccc3)C2SC1. The number of hydrogen-bond donors (Lipinski definition) is 1. The number of amides is 2. The van der Waals surface area contributed by atoms with E-state index < -0.39 is 23.5 Å². The minimum atomic E-state index is -0.721. The van der Waals surface area contributed by atoms with E-state index in [1.54, 1.807) is 0 Å². The van der Waals surface area contributed by atoms with Crippen LogP contribution in [0, 0.1) is 0 Å². The number of methoxy groups -OCH3 is 1. The van der Waals surface area contributed by atoms with E-state index in [0.29, 0.717) is 11.5 Å². The Hall–Kier alpha value is -4.04. The van der Waals surface area contributed by atoms with Crippen molar-refractivity contribution in [2.24, 2.45) is 0 Å². The van der Waals surface area contributed by atoms with Gasteiger partial charge in [0.2, 0.25) is 5.91 Å². The number of hydrogen-bond acceptors (Lipinski definition) is 6. The Morgan fingerprint density at radius 2 is 1.51 bits per heavy atom. The molecule has 0 bridgehead atoms. The van der Waals surface area contributed by atoms with Crippen LogP contribution in [-0.4, -0.2) is 47.0 Å². The van der Waals surface area contributed by atoms with E-state index in [4.69, 9.17) is 9.47 Å². The lowest BCUT2D eigenvalue weighted by Crippen LogP contribution is -2.70. The molecule has 37 heavy (non-hydrogen) atoms. The Balaban J connectivity index is 1.35. The van der Waals surface area contributed by atoms with E-state index in [1.807, 2.05) is 91.0 Å². The van der Waals surface area contributed by atoms with Crippen LogP contribution in [0.25, 0.3) is 0 Å².